The molecule has 0 atom stereocenters. The fraction of sp³-hybridized carbons (Fsp3) is 0.267. The van der Waals surface area contributed by atoms with Crippen LogP contribution in [-0.2, 0) is 6.54 Å². The van der Waals surface area contributed by atoms with Gasteiger partial charge in [0.1, 0.15) is 0 Å². The summed E-state index contributed by atoms with van der Waals surface area (Å²) in [6.45, 7) is 4.51. The number of pyridine rings is 1. The monoisotopic (exact) mass is 257 g/mol. The summed E-state index contributed by atoms with van der Waals surface area (Å²) in [4.78, 5) is 13.0. The Morgan fingerprint density at radius 1 is 1.33 bits per heavy atom. The number of hydrogen-bond donors (Lipinski definition) is 0. The normalized spacial score (nSPS) is 10.1. The molecule has 0 aliphatic heterocycles. The van der Waals surface area contributed by atoms with Crippen LogP contribution >= 0.6 is 11.8 Å². The molecule has 1 aromatic carbocycles. The van der Waals surface area contributed by atoms with Crippen molar-refractivity contribution < 1.29 is 0 Å². The molecule has 0 aliphatic carbocycles. The van der Waals surface area contributed by atoms with E-state index in [0.717, 1.165) is 21.6 Å². The zero-order valence-electron chi connectivity index (χ0n) is 10.6. The van der Waals surface area contributed by atoms with Crippen LogP contribution in [0.2, 0.25) is 0 Å². The number of hydrogen-bond acceptors (Lipinski definition) is 2. The van der Waals surface area contributed by atoms with E-state index in [-0.39, 0.29) is 5.56 Å². The highest BCUT2D eigenvalue weighted by Crippen LogP contribution is 2.25. The van der Waals surface area contributed by atoms with Crippen molar-refractivity contribution >= 4 is 22.7 Å². The van der Waals surface area contributed by atoms with Crippen LogP contribution in [0, 0.1) is 11.8 Å². The average molecular weight is 257 g/mol. The number of benzene rings is 1. The first kappa shape index (κ1) is 12.8. The third kappa shape index (κ3) is 2.44. The summed E-state index contributed by atoms with van der Waals surface area (Å²) < 4.78 is 1.80. The van der Waals surface area contributed by atoms with Gasteiger partial charge in [-0.3, -0.25) is 4.79 Å². The summed E-state index contributed by atoms with van der Waals surface area (Å²) in [6, 6.07) is 9.74. The minimum absolute atomic E-state index is 0.0585. The van der Waals surface area contributed by atoms with Gasteiger partial charge in [-0.05, 0) is 19.9 Å². The summed E-state index contributed by atoms with van der Waals surface area (Å²) in [7, 11) is 0. The Bertz CT molecular complexity index is 676. The summed E-state index contributed by atoms with van der Waals surface area (Å²) in [5, 5.41) is 1.13. The number of fused-ring (bicyclic) bond motifs is 1. The highest BCUT2D eigenvalue weighted by atomic mass is 32.2. The molecule has 1 aromatic heterocycles. The zero-order chi connectivity index (χ0) is 13.0. The topological polar surface area (TPSA) is 22.0 Å². The molecule has 1 heterocycles. The van der Waals surface area contributed by atoms with Gasteiger partial charge in [0.2, 0.25) is 0 Å². The van der Waals surface area contributed by atoms with Gasteiger partial charge in [0, 0.05) is 22.9 Å². The van der Waals surface area contributed by atoms with E-state index in [2.05, 4.69) is 17.9 Å². The maximum Gasteiger partial charge on any atom is 0.252 e. The third-order valence-electron chi connectivity index (χ3n) is 2.77. The van der Waals surface area contributed by atoms with Gasteiger partial charge in [-0.2, -0.15) is 0 Å². The van der Waals surface area contributed by atoms with Crippen molar-refractivity contribution in [3.63, 3.8) is 0 Å². The van der Waals surface area contributed by atoms with E-state index in [4.69, 9.17) is 0 Å². The SMILES string of the molecule is CC#CCSc1cc(=O)n(CC)c2ccccc12. The van der Waals surface area contributed by atoms with Gasteiger partial charge in [-0.15, -0.1) is 17.7 Å². The lowest BCUT2D eigenvalue weighted by molar-refractivity contribution is 0.756. The molecule has 2 rings (SSSR count). The Labute approximate surface area is 111 Å². The summed E-state index contributed by atoms with van der Waals surface area (Å²) >= 11 is 1.62. The molecule has 92 valence electrons. The first-order valence-corrected chi connectivity index (χ1v) is 6.91. The Morgan fingerprint density at radius 3 is 2.83 bits per heavy atom. The van der Waals surface area contributed by atoms with Crippen LogP contribution in [0.25, 0.3) is 10.9 Å². The average Bonchev–Trinajstić information content (AvgIpc) is 2.39. The number of para-hydroxylation sites is 1. The van der Waals surface area contributed by atoms with E-state index in [1.54, 1.807) is 22.4 Å². The minimum atomic E-state index is 0.0585. The fourth-order valence-corrected chi connectivity index (χ4v) is 2.82. The van der Waals surface area contributed by atoms with Crippen molar-refractivity contribution in [2.24, 2.45) is 0 Å². The van der Waals surface area contributed by atoms with Gasteiger partial charge in [0.05, 0.1) is 11.3 Å². The molecule has 0 saturated carbocycles. The molecule has 0 amide bonds. The van der Waals surface area contributed by atoms with Crippen molar-refractivity contribution in [1.29, 1.82) is 0 Å². The van der Waals surface area contributed by atoms with Crippen molar-refractivity contribution in [1.82, 2.24) is 4.57 Å². The largest absolute Gasteiger partial charge is 0.308 e. The molecule has 18 heavy (non-hydrogen) atoms. The van der Waals surface area contributed by atoms with Gasteiger partial charge >= 0.3 is 0 Å². The van der Waals surface area contributed by atoms with Crippen LogP contribution in [0.4, 0.5) is 0 Å². The van der Waals surface area contributed by atoms with Crippen LogP contribution in [0.5, 0.6) is 0 Å². The smallest absolute Gasteiger partial charge is 0.252 e. The van der Waals surface area contributed by atoms with Gasteiger partial charge in [-0.25, -0.2) is 0 Å². The standard InChI is InChI=1S/C15H15NOS/c1-3-5-10-18-14-11-15(17)16(4-2)13-9-7-6-8-12(13)14/h6-9,11H,4,10H2,1-2H3. The van der Waals surface area contributed by atoms with Gasteiger partial charge in [-0.1, -0.05) is 24.1 Å². The maximum atomic E-state index is 12.0. The lowest BCUT2D eigenvalue weighted by Gasteiger charge is -2.10. The molecule has 2 nitrogen and oxygen atoms in total. The third-order valence-corrected chi connectivity index (χ3v) is 3.71. The number of aryl methyl sites for hydroxylation is 1. The molecule has 3 heteroatoms. The second-order valence-electron chi connectivity index (χ2n) is 3.82. The van der Waals surface area contributed by atoms with E-state index >= 15 is 0 Å². The van der Waals surface area contributed by atoms with E-state index in [9.17, 15) is 4.79 Å². The van der Waals surface area contributed by atoms with Crippen molar-refractivity contribution in [3.8, 4) is 11.8 Å². The second kappa shape index (κ2) is 5.79. The van der Waals surface area contributed by atoms with Crippen LogP contribution in [0.15, 0.2) is 40.0 Å². The molecule has 0 unspecified atom stereocenters. The molecule has 0 saturated heterocycles. The molecule has 0 fully saturated rings. The quantitative estimate of drug-likeness (QED) is 0.622. The van der Waals surface area contributed by atoms with Crippen LogP contribution in [0.3, 0.4) is 0 Å². The number of nitrogens with zero attached hydrogens (tertiary/aromatic N) is 1. The molecule has 2 aromatic rings. The van der Waals surface area contributed by atoms with Crippen molar-refractivity contribution in [3.05, 3.63) is 40.7 Å². The molecule has 0 N–H and O–H groups in total. The number of aromatic nitrogens is 1. The predicted molar refractivity (Wildman–Crippen MR) is 78.1 cm³/mol. The Morgan fingerprint density at radius 2 is 2.11 bits per heavy atom. The second-order valence-corrected chi connectivity index (χ2v) is 4.84. The molecule has 0 radical (unpaired) electrons. The Hall–Kier alpha value is -1.66. The van der Waals surface area contributed by atoms with Gasteiger partial charge < -0.3 is 4.57 Å². The Kier molecular flexibility index (Phi) is 4.11. The van der Waals surface area contributed by atoms with E-state index in [1.165, 1.54) is 0 Å². The maximum absolute atomic E-state index is 12.0. The molecule has 0 spiro atoms. The van der Waals surface area contributed by atoms with Gasteiger partial charge in [0.25, 0.3) is 5.56 Å². The van der Waals surface area contributed by atoms with E-state index in [0.29, 0.717) is 6.54 Å². The van der Waals surface area contributed by atoms with Crippen LogP contribution in [0.1, 0.15) is 13.8 Å². The van der Waals surface area contributed by atoms with Crippen LogP contribution < -0.4 is 5.56 Å². The van der Waals surface area contributed by atoms with Crippen LogP contribution in [-0.4, -0.2) is 10.3 Å². The lowest BCUT2D eigenvalue weighted by Crippen LogP contribution is -2.18. The summed E-state index contributed by atoms with van der Waals surface area (Å²) in [5.74, 6) is 6.60. The molecular formula is C15H15NOS. The molecule has 0 bridgehead atoms. The Balaban J connectivity index is 2.59. The number of thioether (sulfide) groups is 1. The molecular weight excluding hydrogens is 242 g/mol. The zero-order valence-corrected chi connectivity index (χ0v) is 11.4. The van der Waals surface area contributed by atoms with E-state index < -0.39 is 0 Å². The first-order valence-electron chi connectivity index (χ1n) is 5.93. The fourth-order valence-electron chi connectivity index (χ4n) is 1.94. The van der Waals surface area contributed by atoms with Crippen molar-refractivity contribution in [2.75, 3.05) is 5.75 Å². The minimum Gasteiger partial charge on any atom is -0.308 e. The predicted octanol–water partition coefficient (Wildman–Crippen LogP) is 3.14. The first-order chi connectivity index (χ1) is 8.77. The highest BCUT2D eigenvalue weighted by Gasteiger charge is 2.07. The van der Waals surface area contributed by atoms with Crippen molar-refractivity contribution in [2.45, 2.75) is 25.3 Å². The lowest BCUT2D eigenvalue weighted by atomic mass is 10.2. The summed E-state index contributed by atoms with van der Waals surface area (Å²) in [6.07, 6.45) is 0. The van der Waals surface area contributed by atoms with Gasteiger partial charge in [0.15, 0.2) is 0 Å². The summed E-state index contributed by atoms with van der Waals surface area (Å²) in [5.41, 5.74) is 1.06. The highest BCUT2D eigenvalue weighted by molar-refractivity contribution is 7.99. The van der Waals surface area contributed by atoms with E-state index in [1.807, 2.05) is 32.0 Å². The number of rotatable bonds is 3. The molecule has 0 aliphatic rings.